The Kier molecular flexibility index (Phi) is 4.39. The number of rotatable bonds is 2. The number of urea groups is 1. The van der Waals surface area contributed by atoms with Gasteiger partial charge in [0.05, 0.1) is 0 Å². The highest BCUT2D eigenvalue weighted by Crippen LogP contribution is 2.10. The number of amides is 3. The van der Waals surface area contributed by atoms with Gasteiger partial charge < -0.3 is 15.5 Å². The number of likely N-dealkylation sites (tertiary alicyclic amines) is 1. The summed E-state index contributed by atoms with van der Waals surface area (Å²) in [7, 11) is 1.61. The third-order valence-corrected chi connectivity index (χ3v) is 2.60. The monoisotopic (exact) mass is 213 g/mol. The molecule has 5 nitrogen and oxygen atoms in total. The maximum Gasteiger partial charge on any atom is 0.320 e. The molecule has 0 bridgehead atoms. The van der Waals surface area contributed by atoms with Crippen LogP contribution in [0.4, 0.5) is 4.79 Å². The summed E-state index contributed by atoms with van der Waals surface area (Å²) < 4.78 is 0. The number of hydrogen-bond acceptors (Lipinski definition) is 2. The van der Waals surface area contributed by atoms with Crippen LogP contribution in [0.5, 0.6) is 0 Å². The number of likely N-dealkylation sites (N-methyl/N-ethyl adjacent to an activating group) is 1. The number of primary amides is 1. The minimum Gasteiger partial charge on any atom is -0.368 e. The molecule has 1 aliphatic heterocycles. The Hall–Kier alpha value is -1.26. The third kappa shape index (κ3) is 3.77. The van der Waals surface area contributed by atoms with Crippen molar-refractivity contribution in [3.63, 3.8) is 0 Å². The summed E-state index contributed by atoms with van der Waals surface area (Å²) >= 11 is 0. The van der Waals surface area contributed by atoms with Gasteiger partial charge in [0.1, 0.15) is 6.54 Å². The summed E-state index contributed by atoms with van der Waals surface area (Å²) in [5, 5.41) is 0. The second kappa shape index (κ2) is 5.58. The van der Waals surface area contributed by atoms with Crippen LogP contribution >= 0.6 is 0 Å². The molecule has 1 heterocycles. The topological polar surface area (TPSA) is 66.6 Å². The van der Waals surface area contributed by atoms with E-state index in [-0.39, 0.29) is 12.6 Å². The fourth-order valence-corrected chi connectivity index (χ4v) is 1.80. The van der Waals surface area contributed by atoms with Gasteiger partial charge in [-0.3, -0.25) is 4.79 Å². The molecule has 0 unspecified atom stereocenters. The van der Waals surface area contributed by atoms with Crippen molar-refractivity contribution < 1.29 is 9.59 Å². The lowest BCUT2D eigenvalue weighted by molar-refractivity contribution is -0.118. The predicted octanol–water partition coefficient (Wildman–Crippen LogP) is 0.399. The molecule has 15 heavy (non-hydrogen) atoms. The molecule has 1 aliphatic rings. The Morgan fingerprint density at radius 3 is 2.20 bits per heavy atom. The number of hydrogen-bond donors (Lipinski definition) is 1. The van der Waals surface area contributed by atoms with Gasteiger partial charge in [-0.2, -0.15) is 0 Å². The normalized spacial score (nSPS) is 17.0. The van der Waals surface area contributed by atoms with Crippen molar-refractivity contribution >= 4 is 11.9 Å². The second-order valence-electron chi connectivity index (χ2n) is 4.01. The van der Waals surface area contributed by atoms with E-state index in [1.807, 2.05) is 0 Å². The largest absolute Gasteiger partial charge is 0.368 e. The van der Waals surface area contributed by atoms with Crippen molar-refractivity contribution in [2.75, 3.05) is 26.7 Å². The molecule has 1 saturated heterocycles. The van der Waals surface area contributed by atoms with Crippen LogP contribution in [-0.4, -0.2) is 48.4 Å². The molecule has 0 aliphatic carbocycles. The summed E-state index contributed by atoms with van der Waals surface area (Å²) in [4.78, 5) is 25.7. The molecule has 1 rings (SSSR count). The predicted molar refractivity (Wildman–Crippen MR) is 57.3 cm³/mol. The van der Waals surface area contributed by atoms with E-state index in [2.05, 4.69) is 0 Å². The van der Waals surface area contributed by atoms with Gasteiger partial charge in [-0.25, -0.2) is 4.79 Å². The Bertz CT molecular complexity index is 235. The molecule has 86 valence electrons. The van der Waals surface area contributed by atoms with Gasteiger partial charge in [-0.1, -0.05) is 12.8 Å². The van der Waals surface area contributed by atoms with E-state index < -0.39 is 5.91 Å². The molecule has 0 radical (unpaired) electrons. The van der Waals surface area contributed by atoms with Gasteiger partial charge in [0, 0.05) is 20.1 Å². The third-order valence-electron chi connectivity index (χ3n) is 2.60. The molecule has 0 atom stereocenters. The van der Waals surface area contributed by atoms with Gasteiger partial charge in [0.2, 0.25) is 5.91 Å². The first kappa shape index (κ1) is 11.8. The molecule has 0 aromatic heterocycles. The van der Waals surface area contributed by atoms with Crippen LogP contribution in [0.25, 0.3) is 0 Å². The zero-order chi connectivity index (χ0) is 11.3. The van der Waals surface area contributed by atoms with Gasteiger partial charge in [0.25, 0.3) is 0 Å². The van der Waals surface area contributed by atoms with E-state index in [4.69, 9.17) is 5.73 Å². The van der Waals surface area contributed by atoms with E-state index in [0.29, 0.717) is 0 Å². The smallest absolute Gasteiger partial charge is 0.320 e. The summed E-state index contributed by atoms with van der Waals surface area (Å²) in [6.07, 6.45) is 4.47. The van der Waals surface area contributed by atoms with Crippen LogP contribution < -0.4 is 5.73 Å². The minimum absolute atomic E-state index is 0.00463. The molecular weight excluding hydrogens is 194 g/mol. The Morgan fingerprint density at radius 2 is 1.73 bits per heavy atom. The number of nitrogens with zero attached hydrogens (tertiary/aromatic N) is 2. The molecule has 0 spiro atoms. The van der Waals surface area contributed by atoms with Gasteiger partial charge in [0.15, 0.2) is 0 Å². The number of carbonyl (C=O) groups is 2. The summed E-state index contributed by atoms with van der Waals surface area (Å²) in [6, 6.07) is -0.0873. The molecule has 0 aromatic rings. The SMILES string of the molecule is CN(CC(N)=O)C(=O)N1CCCCCC1. The highest BCUT2D eigenvalue weighted by molar-refractivity contribution is 5.82. The standard InChI is InChI=1S/C10H19N3O2/c1-12(8-9(11)14)10(15)13-6-4-2-3-5-7-13/h2-8H2,1H3,(H2,11,14). The molecule has 2 N–H and O–H groups in total. The van der Waals surface area contributed by atoms with Crippen LogP contribution in [0.3, 0.4) is 0 Å². The van der Waals surface area contributed by atoms with E-state index >= 15 is 0 Å². The van der Waals surface area contributed by atoms with Crippen molar-refractivity contribution in [3.8, 4) is 0 Å². The zero-order valence-corrected chi connectivity index (χ0v) is 9.24. The maximum atomic E-state index is 11.8. The molecular formula is C10H19N3O2. The summed E-state index contributed by atoms with van der Waals surface area (Å²) in [5.41, 5.74) is 5.04. The number of carbonyl (C=O) groups excluding carboxylic acids is 2. The average molecular weight is 213 g/mol. The Labute approximate surface area is 90.2 Å². The van der Waals surface area contributed by atoms with Crippen LogP contribution in [0.15, 0.2) is 0 Å². The lowest BCUT2D eigenvalue weighted by Gasteiger charge is -2.26. The van der Waals surface area contributed by atoms with Crippen molar-refractivity contribution in [1.29, 1.82) is 0 Å². The highest BCUT2D eigenvalue weighted by Gasteiger charge is 2.19. The van der Waals surface area contributed by atoms with Crippen LogP contribution in [0.2, 0.25) is 0 Å². The minimum atomic E-state index is -0.472. The first-order chi connectivity index (χ1) is 7.11. The Balaban J connectivity index is 2.46. The van der Waals surface area contributed by atoms with E-state index in [1.54, 1.807) is 11.9 Å². The molecule has 0 aromatic carbocycles. The molecule has 0 saturated carbocycles. The van der Waals surface area contributed by atoms with E-state index in [1.165, 1.54) is 17.7 Å². The van der Waals surface area contributed by atoms with Crippen LogP contribution in [0.1, 0.15) is 25.7 Å². The van der Waals surface area contributed by atoms with Crippen molar-refractivity contribution in [1.82, 2.24) is 9.80 Å². The number of nitrogens with two attached hydrogens (primary N) is 1. The fraction of sp³-hybridized carbons (Fsp3) is 0.800. The average Bonchev–Trinajstić information content (AvgIpc) is 2.43. The summed E-state index contributed by atoms with van der Waals surface area (Å²) in [5.74, 6) is -0.472. The lowest BCUT2D eigenvalue weighted by Crippen LogP contribution is -2.44. The van der Waals surface area contributed by atoms with Crippen LogP contribution in [-0.2, 0) is 4.79 Å². The Morgan fingerprint density at radius 1 is 1.20 bits per heavy atom. The molecule has 5 heteroatoms. The van der Waals surface area contributed by atoms with Gasteiger partial charge >= 0.3 is 6.03 Å². The zero-order valence-electron chi connectivity index (χ0n) is 9.24. The van der Waals surface area contributed by atoms with Crippen LogP contribution in [0, 0.1) is 0 Å². The maximum absolute atomic E-state index is 11.8. The van der Waals surface area contributed by atoms with Gasteiger partial charge in [-0.05, 0) is 12.8 Å². The van der Waals surface area contributed by atoms with Crippen molar-refractivity contribution in [2.45, 2.75) is 25.7 Å². The van der Waals surface area contributed by atoms with Crippen molar-refractivity contribution in [2.24, 2.45) is 5.73 Å². The molecule has 1 fully saturated rings. The summed E-state index contributed by atoms with van der Waals surface area (Å²) in [6.45, 7) is 1.58. The van der Waals surface area contributed by atoms with Gasteiger partial charge in [-0.15, -0.1) is 0 Å². The van der Waals surface area contributed by atoms with Crippen molar-refractivity contribution in [3.05, 3.63) is 0 Å². The second-order valence-corrected chi connectivity index (χ2v) is 4.01. The first-order valence-electron chi connectivity index (χ1n) is 5.39. The quantitative estimate of drug-likeness (QED) is 0.721. The lowest BCUT2D eigenvalue weighted by atomic mass is 10.2. The van der Waals surface area contributed by atoms with E-state index in [0.717, 1.165) is 25.9 Å². The van der Waals surface area contributed by atoms with E-state index in [9.17, 15) is 9.59 Å². The highest BCUT2D eigenvalue weighted by atomic mass is 16.2. The molecule has 3 amide bonds. The fourth-order valence-electron chi connectivity index (χ4n) is 1.80. The first-order valence-corrected chi connectivity index (χ1v) is 5.39.